The molecule has 0 amide bonds. The van der Waals surface area contributed by atoms with Gasteiger partial charge in [0.25, 0.3) is 0 Å². The number of aliphatic hydroxyl groups is 1. The third-order valence-corrected chi connectivity index (χ3v) is 2.90. The molecule has 1 aromatic carbocycles. The number of anilines is 1. The van der Waals surface area contributed by atoms with Gasteiger partial charge < -0.3 is 15.2 Å². The molecule has 2 N–H and O–H groups in total. The van der Waals surface area contributed by atoms with Crippen LogP contribution in [-0.4, -0.2) is 23.7 Å². The van der Waals surface area contributed by atoms with Crippen LogP contribution < -0.4 is 5.32 Å². The molecule has 0 aliphatic carbocycles. The lowest BCUT2D eigenvalue weighted by Crippen LogP contribution is -2.25. The van der Waals surface area contributed by atoms with Gasteiger partial charge in [-0.05, 0) is 38.5 Å². The number of carbonyl (C=O) groups is 1. The second-order valence-electron chi connectivity index (χ2n) is 4.32. The van der Waals surface area contributed by atoms with Gasteiger partial charge in [-0.2, -0.15) is 0 Å². The third-order valence-electron chi connectivity index (χ3n) is 2.90. The van der Waals surface area contributed by atoms with Crippen LogP contribution in [0.3, 0.4) is 0 Å². The Labute approximate surface area is 101 Å². The Morgan fingerprint density at radius 2 is 2.35 bits per heavy atom. The molecule has 4 nitrogen and oxygen atoms in total. The van der Waals surface area contributed by atoms with Gasteiger partial charge in [0.1, 0.15) is 0 Å². The van der Waals surface area contributed by atoms with Crippen LogP contribution in [0.2, 0.25) is 0 Å². The molecule has 1 aliphatic rings. The van der Waals surface area contributed by atoms with Gasteiger partial charge in [0.05, 0.1) is 18.3 Å². The Hall–Kier alpha value is -1.55. The van der Waals surface area contributed by atoms with E-state index in [9.17, 15) is 9.90 Å². The number of fused-ring (bicyclic) bond motifs is 1. The normalized spacial score (nSPS) is 22.5. The number of nitrogens with one attached hydrogen (secondary N) is 1. The van der Waals surface area contributed by atoms with Gasteiger partial charge in [-0.3, -0.25) is 0 Å². The summed E-state index contributed by atoms with van der Waals surface area (Å²) >= 11 is 0. The van der Waals surface area contributed by atoms with Gasteiger partial charge in [0, 0.05) is 17.3 Å². The summed E-state index contributed by atoms with van der Waals surface area (Å²) in [6.45, 7) is 4.15. The van der Waals surface area contributed by atoms with Crippen molar-refractivity contribution in [3.8, 4) is 0 Å². The fourth-order valence-electron chi connectivity index (χ4n) is 2.10. The van der Waals surface area contributed by atoms with E-state index < -0.39 is 6.10 Å². The number of rotatable bonds is 2. The molecule has 0 saturated heterocycles. The number of benzene rings is 1. The zero-order chi connectivity index (χ0) is 12.4. The second kappa shape index (κ2) is 4.75. The van der Waals surface area contributed by atoms with Gasteiger partial charge in [0.2, 0.25) is 0 Å². The summed E-state index contributed by atoms with van der Waals surface area (Å²) in [7, 11) is 0. The van der Waals surface area contributed by atoms with Crippen molar-refractivity contribution < 1.29 is 14.6 Å². The van der Waals surface area contributed by atoms with Crippen molar-refractivity contribution in [1.82, 2.24) is 0 Å². The highest BCUT2D eigenvalue weighted by Crippen LogP contribution is 2.33. The van der Waals surface area contributed by atoms with Crippen LogP contribution >= 0.6 is 0 Å². The van der Waals surface area contributed by atoms with Crippen LogP contribution in [0.5, 0.6) is 0 Å². The van der Waals surface area contributed by atoms with E-state index in [1.54, 1.807) is 19.1 Å². The maximum atomic E-state index is 11.6. The van der Waals surface area contributed by atoms with Crippen molar-refractivity contribution in [2.24, 2.45) is 0 Å². The van der Waals surface area contributed by atoms with Gasteiger partial charge in [-0.15, -0.1) is 0 Å². The fourth-order valence-corrected chi connectivity index (χ4v) is 2.10. The molecule has 0 saturated carbocycles. The molecule has 0 radical (unpaired) electrons. The first-order valence-electron chi connectivity index (χ1n) is 5.87. The van der Waals surface area contributed by atoms with Crippen molar-refractivity contribution in [2.75, 3.05) is 11.9 Å². The minimum atomic E-state index is -0.518. The minimum absolute atomic E-state index is 0.242. The molecule has 2 unspecified atom stereocenters. The summed E-state index contributed by atoms with van der Waals surface area (Å²) in [5.41, 5.74) is 2.15. The molecule has 0 bridgehead atoms. The first-order valence-corrected chi connectivity index (χ1v) is 5.87. The van der Waals surface area contributed by atoms with E-state index in [4.69, 9.17) is 4.74 Å². The Morgan fingerprint density at radius 3 is 3.06 bits per heavy atom. The van der Waals surface area contributed by atoms with E-state index in [-0.39, 0.29) is 12.0 Å². The van der Waals surface area contributed by atoms with E-state index >= 15 is 0 Å². The monoisotopic (exact) mass is 235 g/mol. The molecule has 92 valence electrons. The topological polar surface area (TPSA) is 58.6 Å². The summed E-state index contributed by atoms with van der Waals surface area (Å²) in [6.07, 6.45) is 0.134. The molecule has 17 heavy (non-hydrogen) atoms. The van der Waals surface area contributed by atoms with Crippen LogP contribution in [0.4, 0.5) is 5.69 Å². The van der Waals surface area contributed by atoms with Crippen molar-refractivity contribution >= 4 is 11.7 Å². The molecule has 1 aromatic rings. The Balaban J connectivity index is 2.30. The molecular formula is C13H17NO3. The highest BCUT2D eigenvalue weighted by atomic mass is 16.5. The SMILES string of the molecule is CCOC(=O)c1ccc2c(c1)C(O)CC(C)N2. The first-order chi connectivity index (χ1) is 8.11. The van der Waals surface area contributed by atoms with Crippen LogP contribution in [0.15, 0.2) is 18.2 Å². The average molecular weight is 235 g/mol. The van der Waals surface area contributed by atoms with Gasteiger partial charge in [0.15, 0.2) is 0 Å². The zero-order valence-electron chi connectivity index (χ0n) is 10.1. The highest BCUT2D eigenvalue weighted by molar-refractivity contribution is 5.90. The second-order valence-corrected chi connectivity index (χ2v) is 4.32. The smallest absolute Gasteiger partial charge is 0.338 e. The fraction of sp³-hybridized carbons (Fsp3) is 0.462. The lowest BCUT2D eigenvalue weighted by molar-refractivity contribution is 0.0526. The van der Waals surface area contributed by atoms with Gasteiger partial charge >= 0.3 is 5.97 Å². The summed E-state index contributed by atoms with van der Waals surface area (Å²) in [5, 5.41) is 13.3. The molecule has 0 aromatic heterocycles. The Kier molecular flexibility index (Phi) is 3.33. The lowest BCUT2D eigenvalue weighted by atomic mass is 9.94. The van der Waals surface area contributed by atoms with Crippen molar-refractivity contribution in [2.45, 2.75) is 32.4 Å². The summed E-state index contributed by atoms with van der Waals surface area (Å²) in [6, 6.07) is 5.48. The van der Waals surface area contributed by atoms with E-state index in [2.05, 4.69) is 5.32 Å². The molecule has 4 heteroatoms. The summed E-state index contributed by atoms with van der Waals surface area (Å²) < 4.78 is 4.93. The number of hydrogen-bond donors (Lipinski definition) is 2. The number of carbonyl (C=O) groups excluding carboxylic acids is 1. The van der Waals surface area contributed by atoms with Gasteiger partial charge in [-0.25, -0.2) is 4.79 Å². The molecule has 2 rings (SSSR count). The Morgan fingerprint density at radius 1 is 1.59 bits per heavy atom. The number of esters is 1. The van der Waals surface area contributed by atoms with Crippen LogP contribution in [0, 0.1) is 0 Å². The van der Waals surface area contributed by atoms with Crippen molar-refractivity contribution in [1.29, 1.82) is 0 Å². The van der Waals surface area contributed by atoms with E-state index in [1.165, 1.54) is 0 Å². The van der Waals surface area contributed by atoms with Crippen LogP contribution in [0.25, 0.3) is 0 Å². The molecule has 1 heterocycles. The zero-order valence-corrected chi connectivity index (χ0v) is 10.1. The predicted octanol–water partition coefficient (Wildman–Crippen LogP) is 2.10. The molecule has 0 fully saturated rings. The third kappa shape index (κ3) is 2.42. The summed E-state index contributed by atoms with van der Waals surface area (Å²) in [5.74, 6) is -0.346. The summed E-state index contributed by atoms with van der Waals surface area (Å²) in [4.78, 5) is 11.6. The largest absolute Gasteiger partial charge is 0.462 e. The Bertz CT molecular complexity index is 431. The predicted molar refractivity (Wildman–Crippen MR) is 65.1 cm³/mol. The van der Waals surface area contributed by atoms with Gasteiger partial charge in [-0.1, -0.05) is 0 Å². The first kappa shape index (κ1) is 11.9. The number of hydrogen-bond acceptors (Lipinski definition) is 4. The standard InChI is InChI=1S/C13H17NO3/c1-3-17-13(16)9-4-5-11-10(7-9)12(15)6-8(2)14-11/h4-5,7-8,12,14-15H,3,6H2,1-2H3. The molecule has 2 atom stereocenters. The van der Waals surface area contributed by atoms with Crippen molar-refractivity contribution in [3.63, 3.8) is 0 Å². The lowest BCUT2D eigenvalue weighted by Gasteiger charge is -2.28. The van der Waals surface area contributed by atoms with Crippen LogP contribution in [-0.2, 0) is 4.74 Å². The maximum Gasteiger partial charge on any atom is 0.338 e. The van der Waals surface area contributed by atoms with E-state index in [1.807, 2.05) is 13.0 Å². The van der Waals surface area contributed by atoms with Crippen LogP contribution in [0.1, 0.15) is 42.3 Å². The quantitative estimate of drug-likeness (QED) is 0.771. The van der Waals surface area contributed by atoms with E-state index in [0.717, 1.165) is 11.3 Å². The minimum Gasteiger partial charge on any atom is -0.462 e. The van der Waals surface area contributed by atoms with E-state index in [0.29, 0.717) is 18.6 Å². The van der Waals surface area contributed by atoms with Crippen molar-refractivity contribution in [3.05, 3.63) is 29.3 Å². The maximum absolute atomic E-state index is 11.6. The number of ether oxygens (including phenoxy) is 1. The average Bonchev–Trinajstić information content (AvgIpc) is 2.28. The number of aliphatic hydroxyl groups excluding tert-OH is 1. The highest BCUT2D eigenvalue weighted by Gasteiger charge is 2.23. The molecule has 1 aliphatic heterocycles. The molecular weight excluding hydrogens is 218 g/mol. The molecule has 0 spiro atoms.